The van der Waals surface area contributed by atoms with Gasteiger partial charge in [-0.15, -0.1) is 10.2 Å². The molecule has 27 heavy (non-hydrogen) atoms. The van der Waals surface area contributed by atoms with Gasteiger partial charge in [0.25, 0.3) is 11.5 Å². The van der Waals surface area contributed by atoms with Crippen LogP contribution in [0.15, 0.2) is 47.8 Å². The molecule has 0 aromatic carbocycles. The van der Waals surface area contributed by atoms with Crippen LogP contribution in [0.25, 0.3) is 0 Å². The topological polar surface area (TPSA) is 96.8 Å². The minimum atomic E-state index is -0.357. The summed E-state index contributed by atoms with van der Waals surface area (Å²) in [4.78, 5) is 33.6. The van der Waals surface area contributed by atoms with E-state index < -0.39 is 0 Å². The average molecular weight is 364 g/mol. The van der Waals surface area contributed by atoms with Crippen molar-refractivity contribution in [2.24, 2.45) is 0 Å². The number of pyridine rings is 2. The molecule has 3 aromatic rings. The van der Waals surface area contributed by atoms with Crippen molar-refractivity contribution in [2.75, 3.05) is 6.54 Å². The molecule has 1 aliphatic rings. The van der Waals surface area contributed by atoms with Crippen molar-refractivity contribution in [2.45, 2.75) is 32.4 Å². The molecule has 4 rings (SSSR count). The summed E-state index contributed by atoms with van der Waals surface area (Å²) in [5, 5.41) is 8.32. The van der Waals surface area contributed by atoms with Crippen molar-refractivity contribution in [1.29, 1.82) is 0 Å². The summed E-state index contributed by atoms with van der Waals surface area (Å²) in [5.74, 6) is 0.471. The van der Waals surface area contributed by atoms with Gasteiger partial charge in [-0.2, -0.15) is 0 Å². The van der Waals surface area contributed by atoms with Crippen molar-refractivity contribution < 1.29 is 4.79 Å². The van der Waals surface area contributed by atoms with Gasteiger partial charge in [-0.25, -0.2) is 0 Å². The Morgan fingerprint density at radius 2 is 2.07 bits per heavy atom. The first-order valence-electron chi connectivity index (χ1n) is 8.91. The highest BCUT2D eigenvalue weighted by Crippen LogP contribution is 2.31. The van der Waals surface area contributed by atoms with E-state index >= 15 is 0 Å². The van der Waals surface area contributed by atoms with Gasteiger partial charge < -0.3 is 14.5 Å². The van der Waals surface area contributed by atoms with E-state index in [-0.39, 0.29) is 23.1 Å². The summed E-state index contributed by atoms with van der Waals surface area (Å²) < 4.78 is 1.95. The zero-order valence-electron chi connectivity index (χ0n) is 15.0. The normalized spacial score (nSPS) is 16.6. The number of nitrogens with one attached hydrogen (secondary N) is 1. The number of rotatable bonds is 4. The molecular weight excluding hydrogens is 344 g/mol. The zero-order chi connectivity index (χ0) is 18.8. The number of aromatic amines is 1. The maximum atomic E-state index is 13.0. The van der Waals surface area contributed by atoms with E-state index in [1.54, 1.807) is 42.7 Å². The molecule has 1 fully saturated rings. The lowest BCUT2D eigenvalue weighted by atomic mass is 10.1. The average Bonchev–Trinajstić information content (AvgIpc) is 3.31. The van der Waals surface area contributed by atoms with Crippen LogP contribution >= 0.6 is 0 Å². The van der Waals surface area contributed by atoms with Crippen LogP contribution in [0, 0.1) is 6.92 Å². The Bertz CT molecular complexity index is 1010. The summed E-state index contributed by atoms with van der Waals surface area (Å²) >= 11 is 0. The first-order valence-corrected chi connectivity index (χ1v) is 8.91. The SMILES string of the molecule is Cc1ccc(C(=O)N2CCCC2c2nncn2Cc2ccncc2)c(=O)[nH]1. The summed E-state index contributed by atoms with van der Waals surface area (Å²) in [6.45, 7) is 2.99. The molecule has 0 aliphatic carbocycles. The second-order valence-corrected chi connectivity index (χ2v) is 6.71. The molecule has 1 atom stereocenters. The number of amides is 1. The summed E-state index contributed by atoms with van der Waals surface area (Å²) in [7, 11) is 0. The van der Waals surface area contributed by atoms with Crippen LogP contribution in [0.4, 0.5) is 0 Å². The Morgan fingerprint density at radius 1 is 1.26 bits per heavy atom. The van der Waals surface area contributed by atoms with Crippen molar-refractivity contribution in [3.8, 4) is 0 Å². The molecule has 3 aromatic heterocycles. The molecule has 8 nitrogen and oxygen atoms in total. The number of likely N-dealkylation sites (tertiary alicyclic amines) is 1. The Hall–Kier alpha value is -3.29. The third kappa shape index (κ3) is 3.38. The van der Waals surface area contributed by atoms with Gasteiger partial charge in [0.15, 0.2) is 5.82 Å². The third-order valence-corrected chi connectivity index (χ3v) is 4.85. The molecule has 1 aliphatic heterocycles. The fourth-order valence-corrected chi connectivity index (χ4v) is 3.50. The van der Waals surface area contributed by atoms with Crippen molar-refractivity contribution in [1.82, 2.24) is 29.6 Å². The van der Waals surface area contributed by atoms with Crippen LogP contribution in [-0.4, -0.2) is 42.1 Å². The fraction of sp³-hybridized carbons (Fsp3) is 0.316. The van der Waals surface area contributed by atoms with Crippen LogP contribution < -0.4 is 5.56 Å². The number of aryl methyl sites for hydroxylation is 1. The van der Waals surface area contributed by atoms with Gasteiger partial charge in [0, 0.05) is 24.6 Å². The Morgan fingerprint density at radius 3 is 2.85 bits per heavy atom. The van der Waals surface area contributed by atoms with E-state index in [1.807, 2.05) is 16.7 Å². The number of carbonyl (C=O) groups excluding carboxylic acids is 1. The van der Waals surface area contributed by atoms with Crippen LogP contribution in [-0.2, 0) is 6.54 Å². The van der Waals surface area contributed by atoms with Crippen molar-refractivity contribution in [3.05, 3.63) is 76.0 Å². The lowest BCUT2D eigenvalue weighted by molar-refractivity contribution is 0.0725. The van der Waals surface area contributed by atoms with Crippen LogP contribution in [0.2, 0.25) is 0 Å². The highest BCUT2D eigenvalue weighted by Gasteiger charge is 2.34. The van der Waals surface area contributed by atoms with Crippen LogP contribution in [0.1, 0.15) is 46.3 Å². The number of hydrogen-bond donors (Lipinski definition) is 1. The molecule has 1 saturated heterocycles. The van der Waals surface area contributed by atoms with Gasteiger partial charge in [0.2, 0.25) is 0 Å². The van der Waals surface area contributed by atoms with E-state index in [0.29, 0.717) is 13.1 Å². The number of carbonyl (C=O) groups is 1. The highest BCUT2D eigenvalue weighted by atomic mass is 16.2. The molecule has 0 spiro atoms. The molecule has 0 radical (unpaired) electrons. The number of H-pyrrole nitrogens is 1. The standard InChI is InChI=1S/C19H20N6O2/c1-13-4-5-15(18(26)22-13)19(27)25-10-2-3-16(25)17-23-21-12-24(17)11-14-6-8-20-9-7-14/h4-9,12,16H,2-3,10-11H2,1H3,(H,22,26). The molecule has 4 heterocycles. The molecule has 1 N–H and O–H groups in total. The molecule has 0 saturated carbocycles. The highest BCUT2D eigenvalue weighted by molar-refractivity contribution is 5.94. The predicted molar refractivity (Wildman–Crippen MR) is 98.2 cm³/mol. The number of hydrogen-bond acceptors (Lipinski definition) is 5. The lowest BCUT2D eigenvalue weighted by Crippen LogP contribution is -2.35. The van der Waals surface area contributed by atoms with E-state index in [4.69, 9.17) is 0 Å². The van der Waals surface area contributed by atoms with E-state index in [0.717, 1.165) is 29.9 Å². The molecular formula is C19H20N6O2. The zero-order valence-corrected chi connectivity index (χ0v) is 15.0. The van der Waals surface area contributed by atoms with E-state index in [1.165, 1.54) is 0 Å². The quantitative estimate of drug-likeness (QED) is 0.760. The lowest BCUT2D eigenvalue weighted by Gasteiger charge is -2.24. The molecule has 1 amide bonds. The van der Waals surface area contributed by atoms with E-state index in [2.05, 4.69) is 20.2 Å². The maximum Gasteiger partial charge on any atom is 0.260 e. The molecule has 1 unspecified atom stereocenters. The summed E-state index contributed by atoms with van der Waals surface area (Å²) in [6, 6.07) is 7.02. The molecule has 0 bridgehead atoms. The summed E-state index contributed by atoms with van der Waals surface area (Å²) in [6.07, 6.45) is 6.82. The monoisotopic (exact) mass is 364 g/mol. The van der Waals surface area contributed by atoms with Gasteiger partial charge in [-0.3, -0.25) is 14.6 Å². The van der Waals surface area contributed by atoms with Gasteiger partial charge in [-0.05, 0) is 49.6 Å². The minimum absolute atomic E-state index is 0.160. The van der Waals surface area contributed by atoms with Crippen molar-refractivity contribution in [3.63, 3.8) is 0 Å². The smallest absolute Gasteiger partial charge is 0.260 e. The number of nitrogens with zero attached hydrogens (tertiary/aromatic N) is 5. The predicted octanol–water partition coefficient (Wildman–Crippen LogP) is 1.70. The molecule has 8 heteroatoms. The first kappa shape index (κ1) is 17.1. The van der Waals surface area contributed by atoms with Crippen LogP contribution in [0.5, 0.6) is 0 Å². The fourth-order valence-electron chi connectivity index (χ4n) is 3.50. The molecule has 138 valence electrons. The van der Waals surface area contributed by atoms with Crippen molar-refractivity contribution >= 4 is 5.91 Å². The largest absolute Gasteiger partial charge is 0.328 e. The first-order chi connectivity index (χ1) is 13.1. The minimum Gasteiger partial charge on any atom is -0.328 e. The summed E-state index contributed by atoms with van der Waals surface area (Å²) in [5.41, 5.74) is 1.61. The van der Waals surface area contributed by atoms with Gasteiger partial charge in [0.05, 0.1) is 12.6 Å². The van der Waals surface area contributed by atoms with Gasteiger partial charge in [-0.1, -0.05) is 0 Å². The third-order valence-electron chi connectivity index (χ3n) is 4.85. The Kier molecular flexibility index (Phi) is 4.53. The van der Waals surface area contributed by atoms with E-state index in [9.17, 15) is 9.59 Å². The number of aromatic nitrogens is 5. The van der Waals surface area contributed by atoms with Crippen LogP contribution in [0.3, 0.4) is 0 Å². The maximum absolute atomic E-state index is 13.0. The van der Waals surface area contributed by atoms with Gasteiger partial charge in [0.1, 0.15) is 11.9 Å². The Balaban J connectivity index is 1.62. The Labute approximate surface area is 155 Å². The second kappa shape index (κ2) is 7.14. The van der Waals surface area contributed by atoms with Gasteiger partial charge >= 0.3 is 0 Å². The second-order valence-electron chi connectivity index (χ2n) is 6.71.